The SMILES string of the molecule is N#CC1(CN2CC3(CC(CNC(=O)c4cc(F)cc(OC(F)F)c4)C3)C2)CCCC1. The van der Waals surface area contributed by atoms with Crippen LogP contribution in [0.25, 0.3) is 0 Å². The molecule has 2 aliphatic carbocycles. The molecule has 1 aromatic rings. The molecule has 0 unspecified atom stereocenters. The molecule has 162 valence electrons. The van der Waals surface area contributed by atoms with Crippen molar-refractivity contribution in [3.8, 4) is 11.8 Å². The summed E-state index contributed by atoms with van der Waals surface area (Å²) in [6.45, 7) is 0.296. The van der Waals surface area contributed by atoms with E-state index in [-0.39, 0.29) is 16.7 Å². The minimum atomic E-state index is -3.08. The van der Waals surface area contributed by atoms with Crippen molar-refractivity contribution >= 4 is 5.91 Å². The van der Waals surface area contributed by atoms with E-state index < -0.39 is 18.3 Å². The van der Waals surface area contributed by atoms with E-state index in [9.17, 15) is 23.2 Å². The van der Waals surface area contributed by atoms with Crippen molar-refractivity contribution in [3.05, 3.63) is 29.6 Å². The molecule has 1 aromatic carbocycles. The smallest absolute Gasteiger partial charge is 0.387 e. The van der Waals surface area contributed by atoms with Crippen LogP contribution in [0.15, 0.2) is 18.2 Å². The zero-order valence-electron chi connectivity index (χ0n) is 16.8. The van der Waals surface area contributed by atoms with Crippen LogP contribution >= 0.6 is 0 Å². The molecule has 1 spiro atoms. The Hall–Kier alpha value is -2.27. The number of carbonyl (C=O) groups excluding carboxylic acids is 1. The van der Waals surface area contributed by atoms with Crippen molar-refractivity contribution < 1.29 is 22.7 Å². The summed E-state index contributed by atoms with van der Waals surface area (Å²) in [6, 6.07) is 5.49. The number of amides is 1. The maximum Gasteiger partial charge on any atom is 0.387 e. The van der Waals surface area contributed by atoms with Crippen molar-refractivity contribution in [2.75, 3.05) is 26.2 Å². The highest BCUT2D eigenvalue weighted by Gasteiger charge is 2.53. The van der Waals surface area contributed by atoms with Gasteiger partial charge in [0.2, 0.25) is 0 Å². The number of nitrogens with zero attached hydrogens (tertiary/aromatic N) is 2. The highest BCUT2D eigenvalue weighted by molar-refractivity contribution is 5.94. The Kier molecular flexibility index (Phi) is 5.67. The van der Waals surface area contributed by atoms with Crippen LogP contribution < -0.4 is 10.1 Å². The fourth-order valence-corrected chi connectivity index (χ4v) is 5.57. The number of hydrogen-bond donors (Lipinski definition) is 1. The Labute approximate surface area is 174 Å². The van der Waals surface area contributed by atoms with Crippen LogP contribution in [0.5, 0.6) is 5.75 Å². The number of rotatable bonds is 7. The fourth-order valence-electron chi connectivity index (χ4n) is 5.57. The van der Waals surface area contributed by atoms with Crippen molar-refractivity contribution in [3.63, 3.8) is 0 Å². The Morgan fingerprint density at radius 1 is 1.27 bits per heavy atom. The lowest BCUT2D eigenvalue weighted by Crippen LogP contribution is -2.64. The second-order valence-corrected chi connectivity index (χ2v) is 9.28. The standard InChI is InChI=1S/C22H26F3N3O2/c23-17-5-16(6-18(7-17)30-20(24)25)19(29)27-10-15-8-22(9-15)13-28(14-22)12-21(11-26)3-1-2-4-21/h5-7,15,20H,1-4,8-10,12-14H2,(H,27,29). The second-order valence-electron chi connectivity index (χ2n) is 9.28. The molecule has 0 radical (unpaired) electrons. The van der Waals surface area contributed by atoms with Gasteiger partial charge in [0.25, 0.3) is 5.91 Å². The van der Waals surface area contributed by atoms with Crippen molar-refractivity contribution in [1.82, 2.24) is 10.2 Å². The molecule has 1 aliphatic heterocycles. The lowest BCUT2D eigenvalue weighted by atomic mass is 9.57. The van der Waals surface area contributed by atoms with E-state index in [1.807, 2.05) is 0 Å². The maximum atomic E-state index is 13.6. The summed E-state index contributed by atoms with van der Waals surface area (Å²) < 4.78 is 42.4. The third kappa shape index (κ3) is 4.41. The summed E-state index contributed by atoms with van der Waals surface area (Å²) in [5, 5.41) is 12.3. The quantitative estimate of drug-likeness (QED) is 0.724. The van der Waals surface area contributed by atoms with Gasteiger partial charge in [-0.3, -0.25) is 4.79 Å². The second kappa shape index (κ2) is 8.10. The van der Waals surface area contributed by atoms with Crippen LogP contribution in [0.4, 0.5) is 13.2 Å². The molecular weight excluding hydrogens is 395 g/mol. The van der Waals surface area contributed by atoms with Gasteiger partial charge in [0.1, 0.15) is 11.6 Å². The van der Waals surface area contributed by atoms with Crippen LogP contribution in [0.1, 0.15) is 48.9 Å². The van der Waals surface area contributed by atoms with Gasteiger partial charge in [-0.15, -0.1) is 0 Å². The van der Waals surface area contributed by atoms with Crippen molar-refractivity contribution in [2.45, 2.75) is 45.1 Å². The molecule has 1 amide bonds. The first-order valence-corrected chi connectivity index (χ1v) is 10.5. The van der Waals surface area contributed by atoms with Gasteiger partial charge in [-0.1, -0.05) is 12.8 Å². The van der Waals surface area contributed by atoms with Gasteiger partial charge in [-0.2, -0.15) is 14.0 Å². The highest BCUT2D eigenvalue weighted by atomic mass is 19.3. The number of halogens is 3. The predicted molar refractivity (Wildman–Crippen MR) is 103 cm³/mol. The molecule has 1 saturated heterocycles. The molecule has 5 nitrogen and oxygen atoms in total. The monoisotopic (exact) mass is 421 g/mol. The van der Waals surface area contributed by atoms with E-state index in [1.54, 1.807) is 0 Å². The minimum Gasteiger partial charge on any atom is -0.435 e. The molecule has 3 fully saturated rings. The maximum absolute atomic E-state index is 13.6. The first kappa shape index (κ1) is 21.0. The van der Waals surface area contributed by atoms with E-state index >= 15 is 0 Å². The molecular formula is C22H26F3N3O2. The van der Waals surface area contributed by atoms with E-state index in [2.05, 4.69) is 21.0 Å². The van der Waals surface area contributed by atoms with E-state index in [0.29, 0.717) is 17.9 Å². The molecule has 30 heavy (non-hydrogen) atoms. The topological polar surface area (TPSA) is 65.4 Å². The molecule has 0 atom stereocenters. The minimum absolute atomic E-state index is 0.0344. The number of nitriles is 1. The summed E-state index contributed by atoms with van der Waals surface area (Å²) in [7, 11) is 0. The summed E-state index contributed by atoms with van der Waals surface area (Å²) in [4.78, 5) is 14.7. The van der Waals surface area contributed by atoms with Gasteiger partial charge in [-0.25, -0.2) is 4.39 Å². The highest BCUT2D eigenvalue weighted by Crippen LogP contribution is 2.53. The number of hydrogen-bond acceptors (Lipinski definition) is 4. The van der Waals surface area contributed by atoms with Crippen molar-refractivity contribution in [1.29, 1.82) is 5.26 Å². The van der Waals surface area contributed by atoms with Crippen LogP contribution in [-0.2, 0) is 0 Å². The average Bonchev–Trinajstić information content (AvgIpc) is 3.09. The molecule has 3 aliphatic rings. The van der Waals surface area contributed by atoms with Crippen LogP contribution in [0.3, 0.4) is 0 Å². The Morgan fingerprint density at radius 3 is 2.60 bits per heavy atom. The number of nitrogens with one attached hydrogen (secondary N) is 1. The Bertz CT molecular complexity index is 835. The largest absolute Gasteiger partial charge is 0.435 e. The van der Waals surface area contributed by atoms with Gasteiger partial charge >= 0.3 is 6.61 Å². The van der Waals surface area contributed by atoms with E-state index in [1.165, 1.54) is 0 Å². The molecule has 8 heteroatoms. The molecule has 0 aromatic heterocycles. The first-order chi connectivity index (χ1) is 14.3. The predicted octanol–water partition coefficient (Wildman–Crippen LogP) is 3.95. The van der Waals surface area contributed by atoms with Gasteiger partial charge in [-0.05, 0) is 49.1 Å². The molecule has 0 bridgehead atoms. The number of ether oxygens (including phenoxy) is 1. The fraction of sp³-hybridized carbons (Fsp3) is 0.636. The summed E-state index contributed by atoms with van der Waals surface area (Å²) in [6.07, 6.45) is 6.35. The normalized spacial score (nSPS) is 22.4. The lowest BCUT2D eigenvalue weighted by Gasteiger charge is -2.60. The zero-order chi connectivity index (χ0) is 21.4. The third-order valence-corrected chi connectivity index (χ3v) is 6.80. The van der Waals surface area contributed by atoms with Crippen molar-refractivity contribution in [2.24, 2.45) is 16.7 Å². The Balaban J connectivity index is 1.21. The van der Waals surface area contributed by atoms with Gasteiger partial charge < -0.3 is 15.0 Å². The lowest BCUT2D eigenvalue weighted by molar-refractivity contribution is -0.102. The van der Waals surface area contributed by atoms with E-state index in [0.717, 1.165) is 76.4 Å². The molecule has 1 heterocycles. The van der Waals surface area contributed by atoms with E-state index in [4.69, 9.17) is 0 Å². The Morgan fingerprint density at radius 2 is 1.97 bits per heavy atom. The van der Waals surface area contributed by atoms with Gasteiger partial charge in [0.05, 0.1) is 11.5 Å². The number of alkyl halides is 2. The molecule has 4 rings (SSSR count). The third-order valence-electron chi connectivity index (χ3n) is 6.80. The average molecular weight is 421 g/mol. The summed E-state index contributed by atoms with van der Waals surface area (Å²) in [5.74, 6) is -1.31. The number of likely N-dealkylation sites (tertiary alicyclic amines) is 1. The molecule has 2 saturated carbocycles. The van der Waals surface area contributed by atoms with Gasteiger partial charge in [0, 0.05) is 37.8 Å². The summed E-state index contributed by atoms with van der Waals surface area (Å²) in [5.41, 5.74) is 0.117. The summed E-state index contributed by atoms with van der Waals surface area (Å²) >= 11 is 0. The zero-order valence-corrected chi connectivity index (χ0v) is 16.8. The molecule has 1 N–H and O–H groups in total. The van der Waals surface area contributed by atoms with Gasteiger partial charge in [0.15, 0.2) is 0 Å². The number of benzene rings is 1. The van der Waals surface area contributed by atoms with Crippen LogP contribution in [0, 0.1) is 33.9 Å². The number of carbonyl (C=O) groups is 1. The van der Waals surface area contributed by atoms with Crippen LogP contribution in [0.2, 0.25) is 0 Å². The van der Waals surface area contributed by atoms with Crippen LogP contribution in [-0.4, -0.2) is 43.6 Å². The first-order valence-electron chi connectivity index (χ1n) is 10.5.